The van der Waals surface area contributed by atoms with E-state index in [2.05, 4.69) is 10.5 Å². The number of nitrogens with one attached hydrogen (secondary N) is 1. The Bertz CT molecular complexity index is 906. The summed E-state index contributed by atoms with van der Waals surface area (Å²) in [6, 6.07) is 12.8. The Labute approximate surface area is 149 Å². The molecule has 0 saturated heterocycles. The number of benzene rings is 2. The summed E-state index contributed by atoms with van der Waals surface area (Å²) in [6.45, 7) is 2.36. The van der Waals surface area contributed by atoms with Crippen molar-refractivity contribution < 1.29 is 23.2 Å². The summed E-state index contributed by atoms with van der Waals surface area (Å²) in [5, 5.41) is 6.97. The lowest BCUT2D eigenvalue weighted by Crippen LogP contribution is -2.06. The molecule has 134 valence electrons. The Hall–Kier alpha value is -3.35. The van der Waals surface area contributed by atoms with E-state index < -0.39 is 5.97 Å². The van der Waals surface area contributed by atoms with Crippen LogP contribution in [0.2, 0.25) is 0 Å². The summed E-state index contributed by atoms with van der Waals surface area (Å²) in [7, 11) is 1.27. The van der Waals surface area contributed by atoms with Crippen LogP contribution in [0.3, 0.4) is 0 Å². The van der Waals surface area contributed by atoms with E-state index in [0.29, 0.717) is 23.6 Å². The number of hydrogen-bond donors (Lipinski definition) is 1. The minimum atomic E-state index is -0.623. The van der Waals surface area contributed by atoms with E-state index in [0.717, 1.165) is 0 Å². The van der Waals surface area contributed by atoms with Crippen LogP contribution in [-0.2, 0) is 4.74 Å². The van der Waals surface area contributed by atoms with Gasteiger partial charge >= 0.3 is 5.97 Å². The Kier molecular flexibility index (Phi) is 5.17. The molecule has 0 saturated carbocycles. The lowest BCUT2D eigenvalue weighted by molar-refractivity contribution is 0.0602. The maximum Gasteiger partial charge on any atom is 0.345 e. The molecule has 0 atom stereocenters. The van der Waals surface area contributed by atoms with Gasteiger partial charge in [0.25, 0.3) is 0 Å². The average molecular weight is 356 g/mol. The first kappa shape index (κ1) is 17.5. The zero-order valence-electron chi connectivity index (χ0n) is 14.3. The Morgan fingerprint density at radius 3 is 2.62 bits per heavy atom. The normalized spacial score (nSPS) is 10.4. The van der Waals surface area contributed by atoms with Crippen LogP contribution in [0.15, 0.2) is 53.1 Å². The van der Waals surface area contributed by atoms with Crippen LogP contribution < -0.4 is 10.1 Å². The summed E-state index contributed by atoms with van der Waals surface area (Å²) >= 11 is 0. The van der Waals surface area contributed by atoms with Crippen LogP contribution in [0.5, 0.6) is 5.75 Å². The maximum absolute atomic E-state index is 13.2. The fourth-order valence-corrected chi connectivity index (χ4v) is 2.45. The molecular formula is C19H17FN2O4. The third-order valence-corrected chi connectivity index (χ3v) is 3.63. The fraction of sp³-hybridized carbons (Fsp3) is 0.158. The fourth-order valence-electron chi connectivity index (χ4n) is 2.45. The van der Waals surface area contributed by atoms with Crippen LogP contribution in [0.25, 0.3) is 11.3 Å². The Morgan fingerprint density at radius 2 is 1.92 bits per heavy atom. The highest BCUT2D eigenvalue weighted by Gasteiger charge is 2.25. The molecule has 0 radical (unpaired) electrons. The van der Waals surface area contributed by atoms with Gasteiger partial charge in [-0.3, -0.25) is 0 Å². The van der Waals surface area contributed by atoms with E-state index >= 15 is 0 Å². The zero-order valence-corrected chi connectivity index (χ0v) is 14.3. The van der Waals surface area contributed by atoms with Crippen molar-refractivity contribution in [2.24, 2.45) is 0 Å². The topological polar surface area (TPSA) is 73.6 Å². The molecule has 0 unspecified atom stereocenters. The predicted molar refractivity (Wildman–Crippen MR) is 94.1 cm³/mol. The molecule has 6 nitrogen and oxygen atoms in total. The first-order chi connectivity index (χ1) is 12.6. The van der Waals surface area contributed by atoms with E-state index in [9.17, 15) is 9.18 Å². The van der Waals surface area contributed by atoms with Gasteiger partial charge in [-0.15, -0.1) is 0 Å². The number of ether oxygens (including phenoxy) is 2. The van der Waals surface area contributed by atoms with Gasteiger partial charge < -0.3 is 19.3 Å². The van der Waals surface area contributed by atoms with Gasteiger partial charge in [-0.1, -0.05) is 17.3 Å². The van der Waals surface area contributed by atoms with Crippen molar-refractivity contribution in [2.45, 2.75) is 6.92 Å². The van der Waals surface area contributed by atoms with Crippen LogP contribution in [-0.4, -0.2) is 24.8 Å². The minimum Gasteiger partial charge on any atom is -0.492 e. The molecule has 26 heavy (non-hydrogen) atoms. The van der Waals surface area contributed by atoms with Crippen LogP contribution in [0, 0.1) is 5.82 Å². The van der Waals surface area contributed by atoms with Crippen molar-refractivity contribution in [3.63, 3.8) is 0 Å². The van der Waals surface area contributed by atoms with E-state index in [1.54, 1.807) is 12.1 Å². The summed E-state index contributed by atoms with van der Waals surface area (Å²) in [6.07, 6.45) is 0. The first-order valence-electron chi connectivity index (χ1n) is 7.96. The molecule has 0 bridgehead atoms. The SMILES string of the molecule is CCOc1ccccc1Nc1onc(-c2ccc(F)cc2)c1C(=O)OC. The van der Waals surface area contributed by atoms with Crippen LogP contribution >= 0.6 is 0 Å². The monoisotopic (exact) mass is 356 g/mol. The number of halogens is 1. The second-order valence-electron chi connectivity index (χ2n) is 5.29. The first-order valence-corrected chi connectivity index (χ1v) is 7.96. The van der Waals surface area contributed by atoms with Crippen molar-refractivity contribution in [2.75, 3.05) is 19.0 Å². The number of carbonyl (C=O) groups excluding carboxylic acids is 1. The highest BCUT2D eigenvalue weighted by atomic mass is 19.1. The minimum absolute atomic E-state index is 0.114. The number of anilines is 2. The van der Waals surface area contributed by atoms with Gasteiger partial charge in [0, 0.05) is 5.56 Å². The highest BCUT2D eigenvalue weighted by Crippen LogP contribution is 2.34. The second-order valence-corrected chi connectivity index (χ2v) is 5.29. The second kappa shape index (κ2) is 7.69. The Balaban J connectivity index is 2.03. The van der Waals surface area contributed by atoms with E-state index in [1.807, 2.05) is 19.1 Å². The quantitative estimate of drug-likeness (QED) is 0.660. The number of rotatable bonds is 6. The lowest BCUT2D eigenvalue weighted by atomic mass is 10.1. The molecule has 0 aliphatic heterocycles. The molecule has 7 heteroatoms. The molecule has 1 aromatic heterocycles. The number of esters is 1. The molecule has 2 aromatic carbocycles. The standard InChI is InChI=1S/C19H17FN2O4/c1-3-25-15-7-5-4-6-14(15)21-18-16(19(23)24-2)17(22-26-18)12-8-10-13(20)11-9-12/h4-11,21H,3H2,1-2H3. The van der Waals surface area contributed by atoms with Crippen molar-refractivity contribution in [1.82, 2.24) is 5.16 Å². The number of para-hydroxylation sites is 2. The maximum atomic E-state index is 13.2. The molecule has 3 aromatic rings. The number of carbonyl (C=O) groups is 1. The van der Waals surface area contributed by atoms with Crippen molar-refractivity contribution in [3.05, 3.63) is 59.9 Å². The third kappa shape index (κ3) is 3.51. The summed E-state index contributed by atoms with van der Waals surface area (Å²) in [5.74, 6) is -0.295. The summed E-state index contributed by atoms with van der Waals surface area (Å²) < 4.78 is 28.9. The molecule has 1 N–H and O–H groups in total. The number of nitrogens with zero attached hydrogens (tertiary/aromatic N) is 1. The molecule has 3 rings (SSSR count). The Morgan fingerprint density at radius 1 is 1.19 bits per heavy atom. The molecule has 0 aliphatic carbocycles. The van der Waals surface area contributed by atoms with Gasteiger partial charge in [0.1, 0.15) is 17.3 Å². The van der Waals surface area contributed by atoms with Gasteiger partial charge in [-0.2, -0.15) is 0 Å². The largest absolute Gasteiger partial charge is 0.492 e. The van der Waals surface area contributed by atoms with Gasteiger partial charge in [0.15, 0.2) is 5.56 Å². The van der Waals surface area contributed by atoms with Crippen molar-refractivity contribution in [3.8, 4) is 17.0 Å². The summed E-state index contributed by atoms with van der Waals surface area (Å²) in [4.78, 5) is 12.3. The molecule has 0 fully saturated rings. The average Bonchev–Trinajstić information content (AvgIpc) is 3.07. The zero-order chi connectivity index (χ0) is 18.5. The van der Waals surface area contributed by atoms with Crippen molar-refractivity contribution in [1.29, 1.82) is 0 Å². The smallest absolute Gasteiger partial charge is 0.345 e. The summed E-state index contributed by atoms with van der Waals surface area (Å²) in [5.41, 5.74) is 1.52. The highest BCUT2D eigenvalue weighted by molar-refractivity contribution is 6.01. The van der Waals surface area contributed by atoms with E-state index in [1.165, 1.54) is 31.4 Å². The van der Waals surface area contributed by atoms with E-state index in [4.69, 9.17) is 14.0 Å². The van der Waals surface area contributed by atoms with Gasteiger partial charge in [-0.25, -0.2) is 9.18 Å². The molecule has 0 aliphatic rings. The number of aromatic nitrogens is 1. The molecule has 0 spiro atoms. The van der Waals surface area contributed by atoms with Crippen LogP contribution in [0.4, 0.5) is 16.0 Å². The predicted octanol–water partition coefficient (Wildman–Crippen LogP) is 4.41. The van der Waals surface area contributed by atoms with Crippen LogP contribution in [0.1, 0.15) is 17.3 Å². The molecular weight excluding hydrogens is 339 g/mol. The lowest BCUT2D eigenvalue weighted by Gasteiger charge is -2.10. The molecule has 1 heterocycles. The third-order valence-electron chi connectivity index (χ3n) is 3.63. The number of methoxy groups -OCH3 is 1. The van der Waals surface area contributed by atoms with Gasteiger partial charge in [0.2, 0.25) is 5.88 Å². The van der Waals surface area contributed by atoms with Gasteiger partial charge in [0.05, 0.1) is 19.4 Å². The van der Waals surface area contributed by atoms with Crippen molar-refractivity contribution >= 4 is 17.5 Å². The molecule has 0 amide bonds. The van der Waals surface area contributed by atoms with Gasteiger partial charge in [-0.05, 0) is 43.3 Å². The van der Waals surface area contributed by atoms with E-state index in [-0.39, 0.29) is 23.0 Å². The number of hydrogen-bond acceptors (Lipinski definition) is 6.